The van der Waals surface area contributed by atoms with E-state index < -0.39 is 0 Å². The summed E-state index contributed by atoms with van der Waals surface area (Å²) in [5, 5.41) is 5.81. The normalized spacial score (nSPS) is 9.88. The number of carbonyl (C=O) groups excluding carboxylic acids is 1. The van der Waals surface area contributed by atoms with Crippen molar-refractivity contribution < 1.29 is 4.79 Å². The Bertz CT molecular complexity index is 363. The Morgan fingerprint density at radius 3 is 2.75 bits per heavy atom. The summed E-state index contributed by atoms with van der Waals surface area (Å²) in [6.07, 6.45) is 2.25. The lowest BCUT2D eigenvalue weighted by Crippen LogP contribution is -2.18. The Hall–Kier alpha value is -1.71. The fraction of sp³-hybridized carbons (Fsp3) is 0.417. The molecule has 1 amide bonds. The van der Waals surface area contributed by atoms with Crippen molar-refractivity contribution in [3.05, 3.63) is 23.8 Å². The zero-order valence-corrected chi connectivity index (χ0v) is 9.84. The smallest absolute Gasteiger partial charge is 0.251 e. The van der Waals surface area contributed by atoms with Gasteiger partial charge in [-0.05, 0) is 24.6 Å². The van der Waals surface area contributed by atoms with Crippen molar-refractivity contribution in [3.8, 4) is 0 Å². The highest BCUT2D eigenvalue weighted by Crippen LogP contribution is 2.19. The van der Waals surface area contributed by atoms with Crippen LogP contribution in [0.25, 0.3) is 0 Å². The number of unbranched alkanes of at least 4 members (excludes halogenated alkanes) is 1. The van der Waals surface area contributed by atoms with Crippen LogP contribution in [0, 0.1) is 0 Å². The summed E-state index contributed by atoms with van der Waals surface area (Å²) in [6, 6.07) is 5.30. The predicted octanol–water partition coefficient (Wildman–Crippen LogP) is 1.84. The van der Waals surface area contributed by atoms with E-state index in [0.29, 0.717) is 11.3 Å². The van der Waals surface area contributed by atoms with E-state index in [1.54, 1.807) is 19.2 Å². The van der Waals surface area contributed by atoms with Gasteiger partial charge in [0.15, 0.2) is 0 Å². The van der Waals surface area contributed by atoms with Crippen molar-refractivity contribution in [2.45, 2.75) is 19.8 Å². The van der Waals surface area contributed by atoms with Crippen molar-refractivity contribution in [1.82, 2.24) is 5.32 Å². The minimum absolute atomic E-state index is 0.119. The van der Waals surface area contributed by atoms with Gasteiger partial charge in [0.05, 0.1) is 11.4 Å². The van der Waals surface area contributed by atoms with Crippen molar-refractivity contribution in [2.75, 3.05) is 24.6 Å². The molecule has 16 heavy (non-hydrogen) atoms. The third-order valence-electron chi connectivity index (χ3n) is 2.39. The molecule has 88 valence electrons. The van der Waals surface area contributed by atoms with Gasteiger partial charge in [-0.1, -0.05) is 13.3 Å². The fourth-order valence-electron chi connectivity index (χ4n) is 1.41. The third-order valence-corrected chi connectivity index (χ3v) is 2.39. The molecule has 0 radical (unpaired) electrons. The van der Waals surface area contributed by atoms with Gasteiger partial charge in [-0.15, -0.1) is 0 Å². The molecule has 0 saturated heterocycles. The molecule has 0 heterocycles. The molecule has 4 N–H and O–H groups in total. The van der Waals surface area contributed by atoms with Crippen LogP contribution in [0.5, 0.6) is 0 Å². The average molecular weight is 221 g/mol. The summed E-state index contributed by atoms with van der Waals surface area (Å²) < 4.78 is 0. The van der Waals surface area contributed by atoms with Gasteiger partial charge in [0, 0.05) is 19.2 Å². The van der Waals surface area contributed by atoms with E-state index >= 15 is 0 Å². The van der Waals surface area contributed by atoms with E-state index in [1.165, 1.54) is 0 Å². The third kappa shape index (κ3) is 3.15. The molecule has 4 heteroatoms. The molecular formula is C12H19N3O. The number of hydrogen-bond donors (Lipinski definition) is 3. The first-order valence-corrected chi connectivity index (χ1v) is 5.54. The van der Waals surface area contributed by atoms with Gasteiger partial charge in [-0.25, -0.2) is 0 Å². The second kappa shape index (κ2) is 6.00. The highest BCUT2D eigenvalue weighted by molar-refractivity contribution is 5.95. The number of amides is 1. The molecule has 0 aliphatic heterocycles. The molecule has 1 rings (SSSR count). The molecular weight excluding hydrogens is 202 g/mol. The number of nitrogen functional groups attached to an aromatic ring is 1. The molecule has 0 spiro atoms. The summed E-state index contributed by atoms with van der Waals surface area (Å²) >= 11 is 0. The van der Waals surface area contributed by atoms with Gasteiger partial charge in [0.2, 0.25) is 0 Å². The molecule has 4 nitrogen and oxygen atoms in total. The lowest BCUT2D eigenvalue weighted by molar-refractivity contribution is 0.0963. The maximum Gasteiger partial charge on any atom is 0.251 e. The van der Waals surface area contributed by atoms with E-state index in [2.05, 4.69) is 17.6 Å². The lowest BCUT2D eigenvalue weighted by atomic mass is 10.1. The first kappa shape index (κ1) is 12.4. The van der Waals surface area contributed by atoms with Crippen LogP contribution in [0.3, 0.4) is 0 Å². The van der Waals surface area contributed by atoms with E-state index in [9.17, 15) is 4.79 Å². The summed E-state index contributed by atoms with van der Waals surface area (Å²) in [7, 11) is 1.60. The lowest BCUT2D eigenvalue weighted by Gasteiger charge is -2.10. The molecule has 0 aliphatic carbocycles. The first-order valence-electron chi connectivity index (χ1n) is 5.54. The zero-order valence-electron chi connectivity index (χ0n) is 9.84. The maximum atomic E-state index is 11.4. The Morgan fingerprint density at radius 1 is 1.44 bits per heavy atom. The Morgan fingerprint density at radius 2 is 2.19 bits per heavy atom. The number of nitrogens with two attached hydrogens (primary N) is 1. The van der Waals surface area contributed by atoms with Gasteiger partial charge in [-0.3, -0.25) is 4.79 Å². The maximum absolute atomic E-state index is 11.4. The van der Waals surface area contributed by atoms with Gasteiger partial charge in [-0.2, -0.15) is 0 Å². The van der Waals surface area contributed by atoms with Crippen molar-refractivity contribution >= 4 is 17.3 Å². The number of hydrogen-bond acceptors (Lipinski definition) is 3. The van der Waals surface area contributed by atoms with Crippen molar-refractivity contribution in [1.29, 1.82) is 0 Å². The van der Waals surface area contributed by atoms with E-state index in [0.717, 1.165) is 25.1 Å². The summed E-state index contributed by atoms with van der Waals surface area (Å²) in [5.74, 6) is -0.119. The molecule has 0 aliphatic rings. The van der Waals surface area contributed by atoms with E-state index in [4.69, 9.17) is 5.73 Å². The van der Waals surface area contributed by atoms with Gasteiger partial charge in [0.25, 0.3) is 5.91 Å². The number of nitrogens with one attached hydrogen (secondary N) is 2. The van der Waals surface area contributed by atoms with Crippen LogP contribution >= 0.6 is 0 Å². The minimum Gasteiger partial charge on any atom is -0.397 e. The molecule has 1 aromatic rings. The van der Waals surface area contributed by atoms with E-state index in [-0.39, 0.29) is 5.91 Å². The second-order valence-electron chi connectivity index (χ2n) is 3.66. The summed E-state index contributed by atoms with van der Waals surface area (Å²) in [6.45, 7) is 3.04. The number of anilines is 2. The average Bonchev–Trinajstić information content (AvgIpc) is 2.30. The van der Waals surface area contributed by atoms with Crippen LogP contribution in [0.1, 0.15) is 30.1 Å². The fourth-order valence-corrected chi connectivity index (χ4v) is 1.41. The standard InChI is InChI=1S/C12H19N3O/c1-3-4-7-15-11-6-5-9(8-10(11)13)12(16)14-2/h5-6,8,15H,3-4,7,13H2,1-2H3,(H,14,16). The Balaban J connectivity index is 2.71. The highest BCUT2D eigenvalue weighted by atomic mass is 16.1. The number of benzene rings is 1. The van der Waals surface area contributed by atoms with Crippen LogP contribution < -0.4 is 16.4 Å². The van der Waals surface area contributed by atoms with Gasteiger partial charge >= 0.3 is 0 Å². The van der Waals surface area contributed by atoms with Gasteiger partial charge < -0.3 is 16.4 Å². The highest BCUT2D eigenvalue weighted by Gasteiger charge is 2.05. The van der Waals surface area contributed by atoms with Crippen LogP contribution in [0.15, 0.2) is 18.2 Å². The summed E-state index contributed by atoms with van der Waals surface area (Å²) in [5.41, 5.74) is 7.94. The van der Waals surface area contributed by atoms with Crippen LogP contribution in [-0.4, -0.2) is 19.5 Å². The SMILES string of the molecule is CCCCNc1ccc(C(=O)NC)cc1N. The van der Waals surface area contributed by atoms with Crippen LogP contribution in [-0.2, 0) is 0 Å². The second-order valence-corrected chi connectivity index (χ2v) is 3.66. The van der Waals surface area contributed by atoms with Gasteiger partial charge in [0.1, 0.15) is 0 Å². The predicted molar refractivity (Wildman–Crippen MR) is 67.6 cm³/mol. The largest absolute Gasteiger partial charge is 0.397 e. The first-order chi connectivity index (χ1) is 7.69. The van der Waals surface area contributed by atoms with Crippen LogP contribution in [0.2, 0.25) is 0 Å². The van der Waals surface area contributed by atoms with Crippen LogP contribution in [0.4, 0.5) is 11.4 Å². The van der Waals surface area contributed by atoms with Crippen molar-refractivity contribution in [2.24, 2.45) is 0 Å². The minimum atomic E-state index is -0.119. The monoisotopic (exact) mass is 221 g/mol. The molecule has 0 saturated carbocycles. The topological polar surface area (TPSA) is 67.2 Å². The molecule has 1 aromatic carbocycles. The molecule has 0 aromatic heterocycles. The zero-order chi connectivity index (χ0) is 12.0. The quantitative estimate of drug-likeness (QED) is 0.525. The van der Waals surface area contributed by atoms with Crippen molar-refractivity contribution in [3.63, 3.8) is 0 Å². The molecule has 0 fully saturated rings. The molecule has 0 atom stereocenters. The molecule has 0 unspecified atom stereocenters. The number of rotatable bonds is 5. The number of carbonyl (C=O) groups is 1. The van der Waals surface area contributed by atoms with E-state index in [1.807, 2.05) is 6.07 Å². The Labute approximate surface area is 96.2 Å². The summed E-state index contributed by atoms with van der Waals surface area (Å²) in [4.78, 5) is 11.4. The molecule has 0 bridgehead atoms. The Kier molecular flexibility index (Phi) is 4.64.